The van der Waals surface area contributed by atoms with Gasteiger partial charge in [0.15, 0.2) is 11.4 Å². The van der Waals surface area contributed by atoms with E-state index in [2.05, 4.69) is 5.32 Å². The van der Waals surface area contributed by atoms with Gasteiger partial charge < -0.3 is 35.2 Å². The third-order valence-corrected chi connectivity index (χ3v) is 10.9. The molecule has 5 N–H and O–H groups in total. The molecule has 0 aromatic heterocycles. The summed E-state index contributed by atoms with van der Waals surface area (Å²) < 4.78 is 11.7. The number of Topliss-reactive ketones (excluding diaryl/α,β-unsaturated/α-hetero) is 1. The Kier molecular flexibility index (Phi) is 7.43. The van der Waals surface area contributed by atoms with E-state index in [0.717, 1.165) is 0 Å². The predicted octanol–water partition coefficient (Wildman–Crippen LogP) is 1.02. The van der Waals surface area contributed by atoms with Crippen molar-refractivity contribution in [1.29, 1.82) is 0 Å². The molecule has 2 saturated carbocycles. The van der Waals surface area contributed by atoms with Crippen LogP contribution in [0.15, 0.2) is 11.1 Å². The van der Waals surface area contributed by atoms with Crippen molar-refractivity contribution in [3.8, 4) is 0 Å². The highest BCUT2D eigenvalue weighted by atomic mass is 16.6. The molecule has 1 heterocycles. The molecule has 11 atom stereocenters. The lowest BCUT2D eigenvalue weighted by molar-refractivity contribution is -0.338. The first-order valence-corrected chi connectivity index (χ1v) is 14.0. The number of ketones is 1. The van der Waals surface area contributed by atoms with Crippen LogP contribution in [-0.2, 0) is 23.9 Å². The second-order valence-corrected chi connectivity index (χ2v) is 13.3. The van der Waals surface area contributed by atoms with Crippen LogP contribution >= 0.6 is 0 Å². The third kappa shape index (κ3) is 4.12. The Hall–Kier alpha value is -1.85. The molecule has 0 radical (unpaired) electrons. The van der Waals surface area contributed by atoms with Crippen molar-refractivity contribution in [1.82, 2.24) is 5.32 Å². The fraction of sp³-hybridized carbons (Fsp3) is 0.828. The fourth-order valence-electron chi connectivity index (χ4n) is 8.69. The summed E-state index contributed by atoms with van der Waals surface area (Å²) in [5.41, 5.74) is -4.28. The molecular formula is C29H45NO9. The Bertz CT molecular complexity index is 1090. The zero-order valence-corrected chi connectivity index (χ0v) is 24.3. The van der Waals surface area contributed by atoms with E-state index in [1.807, 2.05) is 13.8 Å². The van der Waals surface area contributed by atoms with Gasteiger partial charge in [0.05, 0.1) is 35.9 Å². The van der Waals surface area contributed by atoms with E-state index in [1.165, 1.54) is 13.8 Å². The summed E-state index contributed by atoms with van der Waals surface area (Å²) in [7, 11) is 0. The number of ether oxygens (including phenoxy) is 2. The summed E-state index contributed by atoms with van der Waals surface area (Å²) >= 11 is 0. The molecule has 0 spiro atoms. The van der Waals surface area contributed by atoms with Gasteiger partial charge in [-0.05, 0) is 51.0 Å². The number of esters is 1. The number of aliphatic hydroxyl groups excluding tert-OH is 3. The van der Waals surface area contributed by atoms with E-state index in [-0.39, 0.29) is 31.8 Å². The number of carbonyl (C=O) groups is 3. The van der Waals surface area contributed by atoms with Gasteiger partial charge in [0.1, 0.15) is 12.2 Å². The smallest absolute Gasteiger partial charge is 0.303 e. The Morgan fingerprint density at radius 1 is 1.21 bits per heavy atom. The number of hydrogen-bond acceptors (Lipinski definition) is 9. The number of allylic oxidation sites excluding steroid dienone is 1. The van der Waals surface area contributed by atoms with Crippen LogP contribution in [0.5, 0.6) is 0 Å². The lowest BCUT2D eigenvalue weighted by Crippen LogP contribution is -2.79. The average Bonchev–Trinajstić information content (AvgIpc) is 2.81. The van der Waals surface area contributed by atoms with Crippen LogP contribution in [0.25, 0.3) is 0 Å². The molecule has 3 aliphatic carbocycles. The van der Waals surface area contributed by atoms with Gasteiger partial charge in [-0.3, -0.25) is 14.4 Å². The quantitative estimate of drug-likeness (QED) is 0.248. The molecular weight excluding hydrogens is 506 g/mol. The summed E-state index contributed by atoms with van der Waals surface area (Å²) in [6.07, 6.45) is -3.96. The van der Waals surface area contributed by atoms with Crippen LogP contribution in [0.1, 0.15) is 74.7 Å². The SMILES string of the molecule is CC(=O)NC(C)C(O)CC1CC2(O)C(C)C3C4(OC(C)=O)COC4CC(O)C3(C)C(=O)C(O)C(=C1C)C2(C)C. The van der Waals surface area contributed by atoms with Crippen LogP contribution in [0, 0.1) is 28.6 Å². The lowest BCUT2D eigenvalue weighted by atomic mass is 9.42. The predicted molar refractivity (Wildman–Crippen MR) is 140 cm³/mol. The van der Waals surface area contributed by atoms with Crippen molar-refractivity contribution >= 4 is 17.7 Å². The number of hydrogen-bond donors (Lipinski definition) is 5. The van der Waals surface area contributed by atoms with Crippen molar-refractivity contribution in [2.24, 2.45) is 28.6 Å². The third-order valence-electron chi connectivity index (χ3n) is 10.9. The summed E-state index contributed by atoms with van der Waals surface area (Å²) in [5, 5.41) is 49.5. The monoisotopic (exact) mass is 551 g/mol. The first-order chi connectivity index (χ1) is 17.9. The minimum atomic E-state index is -1.62. The van der Waals surface area contributed by atoms with Crippen molar-refractivity contribution in [2.75, 3.05) is 6.61 Å². The van der Waals surface area contributed by atoms with Crippen molar-refractivity contribution in [2.45, 2.75) is 116 Å². The molecule has 220 valence electrons. The molecule has 0 aromatic carbocycles. The second-order valence-electron chi connectivity index (χ2n) is 13.3. The molecule has 3 fully saturated rings. The van der Waals surface area contributed by atoms with Gasteiger partial charge in [0, 0.05) is 31.6 Å². The number of amides is 1. The minimum absolute atomic E-state index is 0.0204. The highest BCUT2D eigenvalue weighted by molar-refractivity contribution is 5.93. The normalized spacial score (nSPS) is 44.6. The van der Waals surface area contributed by atoms with E-state index in [9.17, 15) is 34.8 Å². The largest absolute Gasteiger partial charge is 0.454 e. The topological polar surface area (TPSA) is 163 Å². The summed E-state index contributed by atoms with van der Waals surface area (Å²) in [5.74, 6) is -3.37. The molecule has 39 heavy (non-hydrogen) atoms. The summed E-state index contributed by atoms with van der Waals surface area (Å²) in [4.78, 5) is 38.2. The standard InChI is InChI=1S/C29H45NO9/c1-13-18(9-19(33)15(3)30-16(4)31)11-29(37)14(2)24-27(8,25(36)23(35)22(13)26(29,6)7)20(34)10-21-28(24,12-38-21)39-17(5)32/h14-15,18-21,23-24,33-35,37H,9-12H2,1-8H3,(H,30,31). The van der Waals surface area contributed by atoms with Crippen LogP contribution < -0.4 is 5.32 Å². The maximum atomic E-state index is 14.3. The Morgan fingerprint density at radius 2 is 1.82 bits per heavy atom. The first kappa shape index (κ1) is 30.1. The van der Waals surface area contributed by atoms with Gasteiger partial charge in [0.2, 0.25) is 5.91 Å². The van der Waals surface area contributed by atoms with Gasteiger partial charge in [-0.25, -0.2) is 0 Å². The van der Waals surface area contributed by atoms with Gasteiger partial charge in [0.25, 0.3) is 0 Å². The Labute approximate surface area is 230 Å². The molecule has 4 aliphatic rings. The van der Waals surface area contributed by atoms with Gasteiger partial charge in [-0.15, -0.1) is 0 Å². The van der Waals surface area contributed by atoms with E-state index < -0.39 is 82.0 Å². The number of nitrogens with one attached hydrogen (secondary N) is 1. The van der Waals surface area contributed by atoms with Crippen LogP contribution in [-0.4, -0.2) is 86.4 Å². The molecule has 1 saturated heterocycles. The van der Waals surface area contributed by atoms with Crippen molar-refractivity contribution in [3.05, 3.63) is 11.1 Å². The molecule has 2 bridgehead atoms. The average molecular weight is 552 g/mol. The van der Waals surface area contributed by atoms with Gasteiger partial charge in [-0.2, -0.15) is 0 Å². The van der Waals surface area contributed by atoms with Crippen LogP contribution in [0.3, 0.4) is 0 Å². The van der Waals surface area contributed by atoms with E-state index >= 15 is 0 Å². The van der Waals surface area contributed by atoms with Gasteiger partial charge >= 0.3 is 5.97 Å². The number of carbonyl (C=O) groups excluding carboxylic acids is 3. The molecule has 10 heteroatoms. The first-order valence-electron chi connectivity index (χ1n) is 14.0. The zero-order valence-electron chi connectivity index (χ0n) is 24.3. The number of rotatable bonds is 5. The van der Waals surface area contributed by atoms with Crippen LogP contribution in [0.2, 0.25) is 0 Å². The minimum Gasteiger partial charge on any atom is -0.454 e. The lowest BCUT2D eigenvalue weighted by Gasteiger charge is -2.68. The molecule has 10 nitrogen and oxygen atoms in total. The fourth-order valence-corrected chi connectivity index (χ4v) is 8.69. The summed E-state index contributed by atoms with van der Waals surface area (Å²) in [6, 6.07) is -0.546. The van der Waals surface area contributed by atoms with Crippen LogP contribution in [0.4, 0.5) is 0 Å². The van der Waals surface area contributed by atoms with E-state index in [0.29, 0.717) is 11.1 Å². The molecule has 11 unspecified atom stereocenters. The Balaban J connectivity index is 1.89. The molecule has 4 rings (SSSR count). The molecule has 1 amide bonds. The van der Waals surface area contributed by atoms with Crippen molar-refractivity contribution < 1.29 is 44.3 Å². The maximum absolute atomic E-state index is 14.3. The van der Waals surface area contributed by atoms with Crippen molar-refractivity contribution in [3.63, 3.8) is 0 Å². The highest BCUT2D eigenvalue weighted by Gasteiger charge is 2.75. The highest BCUT2D eigenvalue weighted by Crippen LogP contribution is 2.65. The summed E-state index contributed by atoms with van der Waals surface area (Å²) in [6.45, 7) is 13.2. The second kappa shape index (κ2) is 9.62. The Morgan fingerprint density at radius 3 is 2.33 bits per heavy atom. The van der Waals surface area contributed by atoms with Gasteiger partial charge in [-0.1, -0.05) is 26.3 Å². The van der Waals surface area contributed by atoms with E-state index in [1.54, 1.807) is 27.7 Å². The number of aliphatic hydroxyl groups is 4. The molecule has 1 aliphatic heterocycles. The molecule has 0 aromatic rings. The van der Waals surface area contributed by atoms with E-state index in [4.69, 9.17) is 9.47 Å². The maximum Gasteiger partial charge on any atom is 0.303 e. The zero-order chi connectivity index (χ0) is 29.5. The number of fused-ring (bicyclic) bond motifs is 5.